The van der Waals surface area contributed by atoms with E-state index in [4.69, 9.17) is 14.2 Å². The van der Waals surface area contributed by atoms with E-state index in [1.54, 1.807) is 7.11 Å². The van der Waals surface area contributed by atoms with Gasteiger partial charge in [0.2, 0.25) is 5.13 Å². The number of benzene rings is 2. The van der Waals surface area contributed by atoms with Crippen molar-refractivity contribution in [2.45, 2.75) is 27.2 Å². The van der Waals surface area contributed by atoms with Gasteiger partial charge in [0.15, 0.2) is 23.9 Å². The van der Waals surface area contributed by atoms with Crippen LogP contribution >= 0.6 is 11.5 Å². The maximum atomic E-state index is 12.2. The monoisotopic (exact) mass is 427 g/mol. The Kier molecular flexibility index (Phi) is 7.24. The van der Waals surface area contributed by atoms with E-state index in [1.807, 2.05) is 57.2 Å². The van der Waals surface area contributed by atoms with E-state index in [9.17, 15) is 4.79 Å². The molecule has 3 rings (SSSR count). The Hall–Kier alpha value is -3.13. The van der Waals surface area contributed by atoms with Gasteiger partial charge in [0.25, 0.3) is 5.91 Å². The van der Waals surface area contributed by atoms with E-state index in [0.717, 1.165) is 34.6 Å². The number of aryl methyl sites for hydroxylation is 2. The largest absolute Gasteiger partial charge is 0.493 e. The summed E-state index contributed by atoms with van der Waals surface area (Å²) in [7, 11) is 1.59. The molecule has 30 heavy (non-hydrogen) atoms. The van der Waals surface area contributed by atoms with Crippen molar-refractivity contribution in [2.75, 3.05) is 25.6 Å². The first kappa shape index (κ1) is 21.6. The predicted molar refractivity (Wildman–Crippen MR) is 118 cm³/mol. The first-order valence-corrected chi connectivity index (χ1v) is 10.4. The molecule has 0 aliphatic carbocycles. The molecule has 0 aliphatic rings. The smallest absolute Gasteiger partial charge is 0.264 e. The van der Waals surface area contributed by atoms with Crippen molar-refractivity contribution in [3.8, 4) is 28.6 Å². The molecule has 0 aliphatic heterocycles. The van der Waals surface area contributed by atoms with Gasteiger partial charge in [-0.1, -0.05) is 13.0 Å². The molecule has 0 atom stereocenters. The van der Waals surface area contributed by atoms with Crippen molar-refractivity contribution in [3.63, 3.8) is 0 Å². The zero-order chi connectivity index (χ0) is 21.5. The van der Waals surface area contributed by atoms with Crippen LogP contribution in [0.3, 0.4) is 0 Å². The summed E-state index contributed by atoms with van der Waals surface area (Å²) in [6.07, 6.45) is 0.912. The average molecular weight is 428 g/mol. The topological polar surface area (TPSA) is 82.6 Å². The molecule has 7 nitrogen and oxygen atoms in total. The summed E-state index contributed by atoms with van der Waals surface area (Å²) in [4.78, 5) is 16.6. The van der Waals surface area contributed by atoms with Gasteiger partial charge < -0.3 is 14.2 Å². The number of methoxy groups -OCH3 is 1. The number of amides is 1. The molecule has 3 aromatic rings. The lowest BCUT2D eigenvalue weighted by Crippen LogP contribution is -2.20. The molecule has 1 N–H and O–H groups in total. The minimum atomic E-state index is -0.294. The highest BCUT2D eigenvalue weighted by Gasteiger charge is 2.13. The summed E-state index contributed by atoms with van der Waals surface area (Å²) in [5.41, 5.74) is 2.94. The number of nitrogens with one attached hydrogen (secondary N) is 1. The predicted octanol–water partition coefficient (Wildman–Crippen LogP) is 4.64. The summed E-state index contributed by atoms with van der Waals surface area (Å²) >= 11 is 1.11. The van der Waals surface area contributed by atoms with Gasteiger partial charge in [0.1, 0.15) is 5.75 Å². The van der Waals surface area contributed by atoms with E-state index < -0.39 is 0 Å². The van der Waals surface area contributed by atoms with Crippen molar-refractivity contribution >= 4 is 22.6 Å². The van der Waals surface area contributed by atoms with Crippen LogP contribution < -0.4 is 19.5 Å². The third-order valence-corrected chi connectivity index (χ3v) is 4.75. The van der Waals surface area contributed by atoms with Crippen LogP contribution in [0.1, 0.15) is 24.5 Å². The van der Waals surface area contributed by atoms with Crippen LogP contribution in [-0.4, -0.2) is 35.6 Å². The Bertz CT molecular complexity index is 999. The fourth-order valence-electron chi connectivity index (χ4n) is 2.85. The van der Waals surface area contributed by atoms with Crippen LogP contribution in [0.25, 0.3) is 11.4 Å². The highest BCUT2D eigenvalue weighted by Crippen LogP contribution is 2.32. The number of ether oxygens (including phenoxy) is 3. The van der Waals surface area contributed by atoms with Crippen LogP contribution in [0.2, 0.25) is 0 Å². The second-order valence-corrected chi connectivity index (χ2v) is 7.55. The molecule has 0 saturated heterocycles. The van der Waals surface area contributed by atoms with Crippen molar-refractivity contribution in [2.24, 2.45) is 0 Å². The maximum Gasteiger partial charge on any atom is 0.264 e. The molecule has 0 spiro atoms. The third kappa shape index (κ3) is 5.70. The number of aromatic nitrogens is 2. The van der Waals surface area contributed by atoms with Crippen LogP contribution in [0, 0.1) is 13.8 Å². The molecule has 158 valence electrons. The summed E-state index contributed by atoms with van der Waals surface area (Å²) in [6.45, 7) is 6.53. The highest BCUT2D eigenvalue weighted by molar-refractivity contribution is 7.10. The number of hydrogen-bond donors (Lipinski definition) is 1. The fourth-order valence-corrected chi connectivity index (χ4v) is 3.46. The Morgan fingerprint density at radius 2 is 1.83 bits per heavy atom. The minimum absolute atomic E-state index is 0.102. The Labute approximate surface area is 180 Å². The molecule has 8 heteroatoms. The van der Waals surface area contributed by atoms with Crippen LogP contribution in [0.4, 0.5) is 5.13 Å². The van der Waals surface area contributed by atoms with E-state index >= 15 is 0 Å². The molecule has 0 bridgehead atoms. The second kappa shape index (κ2) is 10.1. The standard InChI is InChI=1S/C22H25N3O4S/c1-5-8-28-18-7-6-16(12-19(18)27-4)21-24-22(30-25-21)23-20(26)13-29-17-10-14(2)9-15(3)11-17/h6-7,9-12H,5,8,13H2,1-4H3,(H,23,24,25,26). The number of nitrogens with zero attached hydrogens (tertiary/aromatic N) is 2. The highest BCUT2D eigenvalue weighted by atomic mass is 32.1. The van der Waals surface area contributed by atoms with Crippen LogP contribution in [0.15, 0.2) is 36.4 Å². The second-order valence-electron chi connectivity index (χ2n) is 6.80. The SMILES string of the molecule is CCCOc1ccc(-c2nsc(NC(=O)COc3cc(C)cc(C)c3)n2)cc1OC. The summed E-state index contributed by atoms with van der Waals surface area (Å²) in [5, 5.41) is 3.13. The van der Waals surface area contributed by atoms with E-state index in [-0.39, 0.29) is 12.5 Å². The van der Waals surface area contributed by atoms with Gasteiger partial charge in [-0.15, -0.1) is 0 Å². The Balaban J connectivity index is 1.62. The Morgan fingerprint density at radius 3 is 2.53 bits per heavy atom. The van der Waals surface area contributed by atoms with Gasteiger partial charge in [-0.2, -0.15) is 9.36 Å². The number of carbonyl (C=O) groups is 1. The maximum absolute atomic E-state index is 12.2. The molecule has 1 amide bonds. The van der Waals surface area contributed by atoms with E-state index in [2.05, 4.69) is 14.7 Å². The molecule has 0 radical (unpaired) electrons. The van der Waals surface area contributed by atoms with Crippen molar-refractivity contribution in [1.29, 1.82) is 0 Å². The van der Waals surface area contributed by atoms with E-state index in [0.29, 0.717) is 34.8 Å². The number of carbonyl (C=O) groups excluding carboxylic acids is 1. The van der Waals surface area contributed by atoms with Crippen molar-refractivity contribution in [3.05, 3.63) is 47.5 Å². The fraction of sp³-hybridized carbons (Fsp3) is 0.318. The average Bonchev–Trinajstić information content (AvgIpc) is 3.18. The molecular weight excluding hydrogens is 402 g/mol. The summed E-state index contributed by atoms with van der Waals surface area (Å²) in [5.74, 6) is 2.17. The minimum Gasteiger partial charge on any atom is -0.493 e. The van der Waals surface area contributed by atoms with Crippen molar-refractivity contribution in [1.82, 2.24) is 9.36 Å². The van der Waals surface area contributed by atoms with Gasteiger partial charge in [0, 0.05) is 17.1 Å². The van der Waals surface area contributed by atoms with Gasteiger partial charge >= 0.3 is 0 Å². The molecule has 0 fully saturated rings. The van der Waals surface area contributed by atoms with Gasteiger partial charge in [-0.25, -0.2) is 0 Å². The van der Waals surface area contributed by atoms with Crippen LogP contribution in [-0.2, 0) is 4.79 Å². The molecule has 0 saturated carbocycles. The molecule has 1 heterocycles. The first-order valence-electron chi connectivity index (χ1n) is 9.64. The van der Waals surface area contributed by atoms with Gasteiger partial charge in [0.05, 0.1) is 13.7 Å². The molecule has 1 aromatic heterocycles. The zero-order valence-corrected chi connectivity index (χ0v) is 18.3. The molecule has 2 aromatic carbocycles. The quantitative estimate of drug-likeness (QED) is 0.536. The van der Waals surface area contributed by atoms with Gasteiger partial charge in [-0.05, 0) is 61.7 Å². The van der Waals surface area contributed by atoms with Gasteiger partial charge in [-0.3, -0.25) is 10.1 Å². The van der Waals surface area contributed by atoms with E-state index in [1.165, 1.54) is 0 Å². The number of anilines is 1. The molecule has 0 unspecified atom stereocenters. The zero-order valence-electron chi connectivity index (χ0n) is 17.5. The first-order chi connectivity index (χ1) is 14.5. The lowest BCUT2D eigenvalue weighted by molar-refractivity contribution is -0.118. The third-order valence-electron chi connectivity index (χ3n) is 4.12. The van der Waals surface area contributed by atoms with Crippen LogP contribution in [0.5, 0.6) is 17.2 Å². The summed E-state index contributed by atoms with van der Waals surface area (Å²) < 4.78 is 21.0. The number of rotatable bonds is 9. The summed E-state index contributed by atoms with van der Waals surface area (Å²) in [6, 6.07) is 11.4. The lowest BCUT2D eigenvalue weighted by Gasteiger charge is -2.10. The normalized spacial score (nSPS) is 10.5. The number of hydrogen-bond acceptors (Lipinski definition) is 7. The Morgan fingerprint density at radius 1 is 1.07 bits per heavy atom. The lowest BCUT2D eigenvalue weighted by atomic mass is 10.1. The van der Waals surface area contributed by atoms with Crippen molar-refractivity contribution < 1.29 is 19.0 Å². The molecular formula is C22H25N3O4S.